The smallest absolute Gasteiger partial charge is 0.229 e. The largest absolute Gasteiger partial charge is 0.338 e. The van der Waals surface area contributed by atoms with Gasteiger partial charge in [-0.05, 0) is 49.6 Å². The van der Waals surface area contributed by atoms with Gasteiger partial charge < -0.3 is 10.6 Å². The fourth-order valence-corrected chi connectivity index (χ4v) is 3.61. The predicted molar refractivity (Wildman–Crippen MR) is 101 cm³/mol. The van der Waals surface area contributed by atoms with E-state index in [0.29, 0.717) is 10.9 Å². The molecule has 1 aliphatic rings. The number of pyridine rings is 1. The van der Waals surface area contributed by atoms with Crippen molar-refractivity contribution in [2.75, 3.05) is 10.6 Å². The molecular formula is C19H16F2N4OS. The molecule has 0 saturated heterocycles. The topological polar surface area (TPSA) is 66.9 Å². The van der Waals surface area contributed by atoms with Crippen LogP contribution in [0.4, 0.5) is 25.4 Å². The zero-order chi connectivity index (χ0) is 19.0. The molecule has 4 rings (SSSR count). The van der Waals surface area contributed by atoms with E-state index >= 15 is 0 Å². The number of anilines is 3. The lowest BCUT2D eigenvalue weighted by Crippen LogP contribution is -2.12. The van der Waals surface area contributed by atoms with Gasteiger partial charge in [-0.15, -0.1) is 0 Å². The van der Waals surface area contributed by atoms with E-state index in [4.69, 9.17) is 0 Å². The summed E-state index contributed by atoms with van der Waals surface area (Å²) in [5, 5.41) is 6.27. The van der Waals surface area contributed by atoms with Gasteiger partial charge in [0.2, 0.25) is 5.91 Å². The van der Waals surface area contributed by atoms with Gasteiger partial charge in [0.15, 0.2) is 5.13 Å². The number of hydrogen-bond acceptors (Lipinski definition) is 5. The van der Waals surface area contributed by atoms with Crippen molar-refractivity contribution in [1.29, 1.82) is 0 Å². The maximum Gasteiger partial charge on any atom is 0.229 e. The molecular weight excluding hydrogens is 370 g/mol. The highest BCUT2D eigenvalue weighted by Crippen LogP contribution is 2.36. The molecule has 0 unspecified atom stereocenters. The summed E-state index contributed by atoms with van der Waals surface area (Å²) in [7, 11) is 0. The summed E-state index contributed by atoms with van der Waals surface area (Å²) in [5.74, 6) is -0.782. The van der Waals surface area contributed by atoms with Crippen molar-refractivity contribution in [3.05, 3.63) is 53.9 Å². The minimum Gasteiger partial charge on any atom is -0.338 e. The second-order valence-electron chi connectivity index (χ2n) is 6.38. The summed E-state index contributed by atoms with van der Waals surface area (Å²) >= 11 is 1.38. The van der Waals surface area contributed by atoms with Crippen LogP contribution in [0.15, 0.2) is 36.5 Å². The van der Waals surface area contributed by atoms with Crippen molar-refractivity contribution in [3.8, 4) is 10.4 Å². The van der Waals surface area contributed by atoms with Crippen LogP contribution >= 0.6 is 11.3 Å². The Morgan fingerprint density at radius 3 is 2.78 bits per heavy atom. The van der Waals surface area contributed by atoms with E-state index in [1.54, 1.807) is 12.3 Å². The fraction of sp³-hybridized carbons (Fsp3) is 0.211. The van der Waals surface area contributed by atoms with E-state index in [0.717, 1.165) is 35.0 Å². The monoisotopic (exact) mass is 386 g/mol. The molecule has 0 atom stereocenters. The Hall–Kier alpha value is -2.87. The molecule has 27 heavy (non-hydrogen) atoms. The lowest BCUT2D eigenvalue weighted by molar-refractivity contribution is -0.117. The number of halogens is 2. The van der Waals surface area contributed by atoms with Gasteiger partial charge in [0.1, 0.15) is 17.5 Å². The zero-order valence-electron chi connectivity index (χ0n) is 14.4. The van der Waals surface area contributed by atoms with Gasteiger partial charge in [-0.1, -0.05) is 11.3 Å². The molecule has 1 aromatic carbocycles. The van der Waals surface area contributed by atoms with Crippen LogP contribution in [0.5, 0.6) is 0 Å². The maximum absolute atomic E-state index is 13.8. The molecule has 0 bridgehead atoms. The molecule has 2 aromatic heterocycles. The van der Waals surface area contributed by atoms with Crippen molar-refractivity contribution in [2.24, 2.45) is 5.92 Å². The second-order valence-corrected chi connectivity index (χ2v) is 7.38. The second kappa shape index (κ2) is 7.03. The highest BCUT2D eigenvalue weighted by Gasteiger charge is 2.30. The van der Waals surface area contributed by atoms with E-state index in [2.05, 4.69) is 20.6 Å². The van der Waals surface area contributed by atoms with E-state index in [9.17, 15) is 13.6 Å². The van der Waals surface area contributed by atoms with Crippen molar-refractivity contribution < 1.29 is 13.6 Å². The van der Waals surface area contributed by atoms with Crippen LogP contribution < -0.4 is 10.6 Å². The first-order valence-corrected chi connectivity index (χ1v) is 9.28. The third kappa shape index (κ3) is 3.95. The SMILES string of the molecule is Cc1nc(NC(=O)C2CC2)sc1-c1ccnc(Nc2ccc(F)cc2F)c1. The number of carbonyl (C=O) groups is 1. The average molecular weight is 386 g/mol. The van der Waals surface area contributed by atoms with Gasteiger partial charge in [0.25, 0.3) is 0 Å². The molecule has 0 radical (unpaired) electrons. The van der Waals surface area contributed by atoms with Crippen LogP contribution in [-0.2, 0) is 4.79 Å². The van der Waals surface area contributed by atoms with Gasteiger partial charge >= 0.3 is 0 Å². The zero-order valence-corrected chi connectivity index (χ0v) is 15.2. The number of aryl methyl sites for hydroxylation is 1. The van der Waals surface area contributed by atoms with Crippen molar-refractivity contribution >= 4 is 33.9 Å². The highest BCUT2D eigenvalue weighted by molar-refractivity contribution is 7.19. The predicted octanol–water partition coefficient (Wildman–Crippen LogP) is 4.88. The number of benzene rings is 1. The van der Waals surface area contributed by atoms with Crippen LogP contribution in [0.25, 0.3) is 10.4 Å². The normalized spacial score (nSPS) is 13.4. The molecule has 0 aliphatic heterocycles. The lowest BCUT2D eigenvalue weighted by atomic mass is 10.2. The number of nitrogens with one attached hydrogen (secondary N) is 2. The molecule has 1 aliphatic carbocycles. The Morgan fingerprint density at radius 1 is 1.22 bits per heavy atom. The summed E-state index contributed by atoms with van der Waals surface area (Å²) in [4.78, 5) is 21.4. The minimum absolute atomic E-state index is 0.0131. The third-order valence-electron chi connectivity index (χ3n) is 4.19. The molecule has 1 saturated carbocycles. The standard InChI is InChI=1S/C19H16F2N4OS/c1-10-17(27-19(23-10)25-18(26)11-2-3-11)12-6-7-22-16(8-12)24-15-5-4-13(20)9-14(15)21/h4-9,11H,2-3H2,1H3,(H,22,24)(H,23,25,26). The minimum atomic E-state index is -0.693. The lowest BCUT2D eigenvalue weighted by Gasteiger charge is -2.08. The number of nitrogens with zero attached hydrogens (tertiary/aromatic N) is 2. The molecule has 2 heterocycles. The molecule has 0 spiro atoms. The molecule has 2 N–H and O–H groups in total. The number of hydrogen-bond donors (Lipinski definition) is 2. The molecule has 1 amide bonds. The summed E-state index contributed by atoms with van der Waals surface area (Å²) in [6, 6.07) is 6.89. The molecule has 1 fully saturated rings. The highest BCUT2D eigenvalue weighted by atomic mass is 32.1. The van der Waals surface area contributed by atoms with Crippen LogP contribution in [0.3, 0.4) is 0 Å². The number of thiazole rings is 1. The van der Waals surface area contributed by atoms with Crippen LogP contribution in [0.2, 0.25) is 0 Å². The number of aromatic nitrogens is 2. The summed E-state index contributed by atoms with van der Waals surface area (Å²) in [6.45, 7) is 1.87. The van der Waals surface area contributed by atoms with Crippen LogP contribution in [0.1, 0.15) is 18.5 Å². The summed E-state index contributed by atoms with van der Waals surface area (Å²) < 4.78 is 26.9. The first-order valence-electron chi connectivity index (χ1n) is 8.46. The Bertz CT molecular complexity index is 1020. The third-order valence-corrected chi connectivity index (χ3v) is 5.31. The maximum atomic E-state index is 13.8. The molecule has 5 nitrogen and oxygen atoms in total. The Labute approximate surface area is 158 Å². The molecule has 3 aromatic rings. The van der Waals surface area contributed by atoms with Gasteiger partial charge in [-0.2, -0.15) is 0 Å². The van der Waals surface area contributed by atoms with Crippen LogP contribution in [-0.4, -0.2) is 15.9 Å². The Morgan fingerprint density at radius 2 is 2.04 bits per heavy atom. The quantitative estimate of drug-likeness (QED) is 0.656. The van der Waals surface area contributed by atoms with Crippen molar-refractivity contribution in [2.45, 2.75) is 19.8 Å². The number of carbonyl (C=O) groups excluding carboxylic acids is 1. The fourth-order valence-electron chi connectivity index (χ4n) is 2.64. The van der Waals surface area contributed by atoms with E-state index in [-0.39, 0.29) is 17.5 Å². The van der Waals surface area contributed by atoms with Crippen molar-refractivity contribution in [3.63, 3.8) is 0 Å². The number of rotatable bonds is 5. The van der Waals surface area contributed by atoms with E-state index < -0.39 is 11.6 Å². The number of amides is 1. The van der Waals surface area contributed by atoms with E-state index in [1.165, 1.54) is 23.5 Å². The molecule has 8 heteroatoms. The van der Waals surface area contributed by atoms with Gasteiger partial charge in [-0.25, -0.2) is 18.7 Å². The first-order chi connectivity index (χ1) is 13.0. The summed E-state index contributed by atoms with van der Waals surface area (Å²) in [6.07, 6.45) is 3.46. The van der Waals surface area contributed by atoms with Crippen molar-refractivity contribution in [1.82, 2.24) is 9.97 Å². The first kappa shape index (κ1) is 17.5. The Balaban J connectivity index is 1.56. The average Bonchev–Trinajstić information content (AvgIpc) is 3.42. The van der Waals surface area contributed by atoms with Gasteiger partial charge in [0.05, 0.1) is 16.3 Å². The van der Waals surface area contributed by atoms with E-state index in [1.807, 2.05) is 13.0 Å². The Kier molecular flexibility index (Phi) is 4.57. The molecule has 138 valence electrons. The van der Waals surface area contributed by atoms with Gasteiger partial charge in [0, 0.05) is 18.2 Å². The van der Waals surface area contributed by atoms with Crippen LogP contribution in [0, 0.1) is 24.5 Å². The van der Waals surface area contributed by atoms with Gasteiger partial charge in [-0.3, -0.25) is 4.79 Å². The summed E-state index contributed by atoms with van der Waals surface area (Å²) in [5.41, 5.74) is 1.77.